The second-order valence-electron chi connectivity index (χ2n) is 10.7. The molecule has 3 atom stereocenters. The number of alkyl halides is 3. The van der Waals surface area contributed by atoms with Crippen molar-refractivity contribution >= 4 is 23.6 Å². The third-order valence-electron chi connectivity index (χ3n) is 7.33. The molecule has 4 rings (SSSR count). The van der Waals surface area contributed by atoms with Gasteiger partial charge in [-0.15, -0.1) is 0 Å². The Hall–Kier alpha value is -3.34. The number of amides is 1. The van der Waals surface area contributed by atoms with Crippen LogP contribution in [0.2, 0.25) is 5.02 Å². The number of rotatable bonds is 8. The van der Waals surface area contributed by atoms with Crippen molar-refractivity contribution in [1.29, 1.82) is 0 Å². The molecule has 1 amide bonds. The molecule has 41 heavy (non-hydrogen) atoms. The first kappa shape index (κ1) is 30.6. The third kappa shape index (κ3) is 7.30. The van der Waals surface area contributed by atoms with Crippen LogP contribution in [0, 0.1) is 6.92 Å². The molecule has 1 aliphatic heterocycles. The zero-order chi connectivity index (χ0) is 29.9. The van der Waals surface area contributed by atoms with Crippen LogP contribution in [0.25, 0.3) is 5.69 Å². The lowest BCUT2D eigenvalue weighted by molar-refractivity contribution is -0.137. The third-order valence-corrected chi connectivity index (χ3v) is 7.55. The molecular weight excluding hydrogens is 557 g/mol. The van der Waals surface area contributed by atoms with Crippen molar-refractivity contribution in [3.63, 3.8) is 0 Å². The molecule has 1 aliphatic rings. The fourth-order valence-electron chi connectivity index (χ4n) is 5.42. The number of likely N-dealkylation sites (tertiary alicyclic amines) is 1. The predicted molar refractivity (Wildman–Crippen MR) is 151 cm³/mol. The van der Waals surface area contributed by atoms with E-state index in [2.05, 4.69) is 15.0 Å². The summed E-state index contributed by atoms with van der Waals surface area (Å²) in [4.78, 5) is 30.3. The smallest absolute Gasteiger partial charge is 0.416 e. The molecule has 1 saturated heterocycles. The average molecular weight is 593 g/mol. The van der Waals surface area contributed by atoms with Crippen molar-refractivity contribution in [2.75, 3.05) is 4.90 Å². The Balaban J connectivity index is 1.71. The fraction of sp³-hybridized carbons (Fsp3) is 0.517. The van der Waals surface area contributed by atoms with Crippen LogP contribution in [0.1, 0.15) is 70.2 Å². The summed E-state index contributed by atoms with van der Waals surface area (Å²) in [6.07, 6.45) is 4.29. The van der Waals surface area contributed by atoms with Gasteiger partial charge in [-0.1, -0.05) is 25.4 Å². The van der Waals surface area contributed by atoms with Crippen LogP contribution in [0.3, 0.4) is 0 Å². The number of carbonyl (C=O) groups is 1. The first-order chi connectivity index (χ1) is 19.4. The molecule has 2 unspecified atom stereocenters. The van der Waals surface area contributed by atoms with Gasteiger partial charge in [0, 0.05) is 35.9 Å². The molecule has 0 N–H and O–H groups in total. The Morgan fingerprint density at radius 2 is 1.73 bits per heavy atom. The van der Waals surface area contributed by atoms with E-state index in [0.29, 0.717) is 42.9 Å². The number of imidazole rings is 1. The molecule has 222 valence electrons. The van der Waals surface area contributed by atoms with E-state index < -0.39 is 11.7 Å². The highest BCUT2D eigenvalue weighted by Gasteiger charge is 2.41. The van der Waals surface area contributed by atoms with E-state index in [4.69, 9.17) is 16.3 Å². The van der Waals surface area contributed by atoms with Gasteiger partial charge >= 0.3 is 12.3 Å². The minimum Gasteiger partial charge on any atom is -0.447 e. The van der Waals surface area contributed by atoms with E-state index in [1.165, 1.54) is 6.07 Å². The lowest BCUT2D eigenvalue weighted by Crippen LogP contribution is -2.57. The first-order valence-corrected chi connectivity index (χ1v) is 14.2. The van der Waals surface area contributed by atoms with Gasteiger partial charge in [-0.3, -0.25) is 0 Å². The first-order valence-electron chi connectivity index (χ1n) is 13.8. The number of aromatic nitrogens is 4. The highest BCUT2D eigenvalue weighted by Crippen LogP contribution is 2.35. The van der Waals surface area contributed by atoms with Gasteiger partial charge in [0.25, 0.3) is 0 Å². The Morgan fingerprint density at radius 1 is 1.10 bits per heavy atom. The van der Waals surface area contributed by atoms with Gasteiger partial charge in [-0.25, -0.2) is 19.7 Å². The summed E-state index contributed by atoms with van der Waals surface area (Å²) in [6, 6.07) is 3.19. The van der Waals surface area contributed by atoms with Crippen LogP contribution < -0.4 is 4.90 Å². The van der Waals surface area contributed by atoms with Crippen LogP contribution >= 0.6 is 11.6 Å². The lowest BCUT2D eigenvalue weighted by Gasteiger charge is -2.47. The highest BCUT2D eigenvalue weighted by molar-refractivity contribution is 6.30. The standard InChI is InChI=1S/C29H36ClF3N6O2/c1-6-23-11-25(12-24(7-2)39(23)28(40)41-18(3)4)38(16-20-8-21(29(31,32)33)10-22(30)9-20)27-34-13-26(14-35-27)37-15-19(5)36-17-37/h8-10,13-15,17-18,23-25H,6-7,11-12,16H2,1-5H3/t23-,24?,25?/m0/s1. The summed E-state index contributed by atoms with van der Waals surface area (Å²) in [5.41, 5.74) is 1.14. The topological polar surface area (TPSA) is 76.4 Å². The summed E-state index contributed by atoms with van der Waals surface area (Å²) in [6.45, 7) is 9.67. The normalized spacial score (nSPS) is 19.5. The molecule has 0 aliphatic carbocycles. The zero-order valence-corrected chi connectivity index (χ0v) is 24.7. The number of aryl methyl sites for hydroxylation is 1. The van der Waals surface area contributed by atoms with Gasteiger partial charge in [-0.05, 0) is 70.2 Å². The predicted octanol–water partition coefficient (Wildman–Crippen LogP) is 7.22. The minimum atomic E-state index is -4.53. The quantitative estimate of drug-likeness (QED) is 0.275. The van der Waals surface area contributed by atoms with Gasteiger partial charge in [-0.2, -0.15) is 13.2 Å². The molecule has 1 aromatic carbocycles. The van der Waals surface area contributed by atoms with Gasteiger partial charge in [0.2, 0.25) is 5.95 Å². The number of nitrogens with zero attached hydrogens (tertiary/aromatic N) is 6. The number of hydrogen-bond donors (Lipinski definition) is 0. The summed E-state index contributed by atoms with van der Waals surface area (Å²) < 4.78 is 48.2. The summed E-state index contributed by atoms with van der Waals surface area (Å²) >= 11 is 6.13. The Kier molecular flexibility index (Phi) is 9.46. The second-order valence-corrected chi connectivity index (χ2v) is 11.2. The van der Waals surface area contributed by atoms with Gasteiger partial charge < -0.3 is 19.1 Å². The molecule has 2 aromatic heterocycles. The summed E-state index contributed by atoms with van der Waals surface area (Å²) in [5.74, 6) is 0.382. The monoisotopic (exact) mass is 592 g/mol. The van der Waals surface area contributed by atoms with Crippen LogP contribution in [0.5, 0.6) is 0 Å². The highest BCUT2D eigenvalue weighted by atomic mass is 35.5. The van der Waals surface area contributed by atoms with Crippen molar-refractivity contribution in [2.24, 2.45) is 0 Å². The second kappa shape index (κ2) is 12.7. The molecule has 12 heteroatoms. The van der Waals surface area contributed by atoms with Crippen molar-refractivity contribution in [2.45, 2.75) is 97.3 Å². The number of hydrogen-bond acceptors (Lipinski definition) is 6. The van der Waals surface area contributed by atoms with Crippen LogP contribution in [-0.2, 0) is 17.5 Å². The Morgan fingerprint density at radius 3 is 2.24 bits per heavy atom. The Bertz CT molecular complexity index is 1320. The molecule has 0 radical (unpaired) electrons. The van der Waals surface area contributed by atoms with Crippen LogP contribution in [0.4, 0.5) is 23.9 Å². The van der Waals surface area contributed by atoms with Crippen molar-refractivity contribution < 1.29 is 22.7 Å². The summed E-state index contributed by atoms with van der Waals surface area (Å²) in [7, 11) is 0. The molecule has 3 heterocycles. The number of anilines is 1. The van der Waals surface area contributed by atoms with Crippen molar-refractivity contribution in [1.82, 2.24) is 24.4 Å². The van der Waals surface area contributed by atoms with E-state index in [1.54, 1.807) is 23.3 Å². The van der Waals surface area contributed by atoms with Gasteiger partial charge in [0.15, 0.2) is 0 Å². The number of piperidine rings is 1. The van der Waals surface area contributed by atoms with E-state index in [9.17, 15) is 18.0 Å². The van der Waals surface area contributed by atoms with Crippen molar-refractivity contribution in [3.05, 3.63) is 65.0 Å². The fourth-order valence-corrected chi connectivity index (χ4v) is 5.67. The molecule has 8 nitrogen and oxygen atoms in total. The molecule has 0 saturated carbocycles. The zero-order valence-electron chi connectivity index (χ0n) is 23.9. The number of ether oxygens (including phenoxy) is 1. The Labute approximate surface area is 243 Å². The van der Waals surface area contributed by atoms with Crippen LogP contribution in [-0.4, -0.2) is 54.7 Å². The van der Waals surface area contributed by atoms with Gasteiger partial charge in [0.1, 0.15) is 0 Å². The van der Waals surface area contributed by atoms with E-state index in [-0.39, 0.29) is 41.9 Å². The molecule has 0 bridgehead atoms. The average Bonchev–Trinajstić information content (AvgIpc) is 3.36. The number of carbonyl (C=O) groups excluding carboxylic acids is 1. The minimum absolute atomic E-state index is 0.00522. The largest absolute Gasteiger partial charge is 0.447 e. The number of benzene rings is 1. The maximum Gasteiger partial charge on any atom is 0.416 e. The summed E-state index contributed by atoms with van der Waals surface area (Å²) in [5, 5.41) is 0.00522. The van der Waals surface area contributed by atoms with E-state index >= 15 is 0 Å². The maximum atomic E-state index is 13.6. The number of halogens is 4. The molecule has 1 fully saturated rings. The molecule has 0 spiro atoms. The lowest BCUT2D eigenvalue weighted by atomic mass is 9.87. The van der Waals surface area contributed by atoms with Crippen LogP contribution in [0.15, 0.2) is 43.1 Å². The van der Waals surface area contributed by atoms with Crippen molar-refractivity contribution in [3.8, 4) is 5.69 Å². The van der Waals surface area contributed by atoms with E-state index in [0.717, 1.165) is 17.8 Å². The molecule has 3 aromatic rings. The SMILES string of the molecule is CCC1CC(N(Cc2cc(Cl)cc(C(F)(F)F)c2)c2ncc(-n3cnc(C)c3)cn2)C[C@H](CC)N1C(=O)OC(C)C. The molecular formula is C29H36ClF3N6O2. The van der Waals surface area contributed by atoms with E-state index in [1.807, 2.05) is 50.6 Å². The van der Waals surface area contributed by atoms with Gasteiger partial charge in [0.05, 0.1) is 41.8 Å². The maximum absolute atomic E-state index is 13.6.